The van der Waals surface area contributed by atoms with Gasteiger partial charge in [0.05, 0.1) is 10.6 Å². The fourth-order valence-corrected chi connectivity index (χ4v) is 3.66. The molecule has 3 aromatic rings. The molecule has 0 radical (unpaired) electrons. The molecule has 0 spiro atoms. The van der Waals surface area contributed by atoms with Crippen molar-refractivity contribution in [2.24, 2.45) is 5.73 Å². The van der Waals surface area contributed by atoms with Crippen LogP contribution in [-0.4, -0.2) is 20.7 Å². The van der Waals surface area contributed by atoms with Gasteiger partial charge in [-0.3, -0.25) is 4.79 Å². The molecule has 1 aliphatic heterocycles. The lowest BCUT2D eigenvalue weighted by molar-refractivity contribution is -0.115. The first-order valence-electron chi connectivity index (χ1n) is 8.20. The molecule has 1 aromatic heterocycles. The molecule has 0 fully saturated rings. The summed E-state index contributed by atoms with van der Waals surface area (Å²) in [7, 11) is 0. The Hall–Kier alpha value is -2.64. The summed E-state index contributed by atoms with van der Waals surface area (Å²) in [5.74, 6) is 0.498. The monoisotopic (exact) mass is 443 g/mol. The maximum absolute atomic E-state index is 12.2. The van der Waals surface area contributed by atoms with Crippen LogP contribution in [0.15, 0.2) is 64.3 Å². The maximum atomic E-state index is 12.2. The summed E-state index contributed by atoms with van der Waals surface area (Å²) in [4.78, 5) is 16.8. The number of halogens is 2. The molecule has 0 saturated carbocycles. The van der Waals surface area contributed by atoms with E-state index in [0.29, 0.717) is 28.1 Å². The van der Waals surface area contributed by atoms with E-state index in [4.69, 9.17) is 17.3 Å². The number of carbonyl (C=O) groups excluding carboxylic acids is 1. The van der Waals surface area contributed by atoms with Crippen LogP contribution in [0.1, 0.15) is 18.5 Å². The molecule has 8 heteroatoms. The molecule has 0 aliphatic carbocycles. The molecular weight excluding hydrogens is 430 g/mol. The van der Waals surface area contributed by atoms with Gasteiger partial charge in [0, 0.05) is 15.7 Å². The minimum Gasteiger partial charge on any atom is -0.366 e. The van der Waals surface area contributed by atoms with Crippen LogP contribution in [0.2, 0.25) is 5.02 Å². The summed E-state index contributed by atoms with van der Waals surface area (Å²) in [5.41, 5.74) is 8.38. The van der Waals surface area contributed by atoms with Crippen LogP contribution in [0.25, 0.3) is 11.4 Å². The predicted octanol–water partition coefficient (Wildman–Crippen LogP) is 4.14. The maximum Gasteiger partial charge on any atom is 0.248 e. The van der Waals surface area contributed by atoms with E-state index in [-0.39, 0.29) is 0 Å². The molecule has 27 heavy (non-hydrogen) atoms. The number of allylic oxidation sites excluding steroid dienone is 1. The van der Waals surface area contributed by atoms with Gasteiger partial charge < -0.3 is 11.1 Å². The van der Waals surface area contributed by atoms with Crippen LogP contribution < -0.4 is 11.1 Å². The van der Waals surface area contributed by atoms with Crippen LogP contribution in [0.3, 0.4) is 0 Å². The Balaban J connectivity index is 1.90. The number of rotatable bonds is 3. The molecule has 2 aromatic carbocycles. The third-order valence-corrected chi connectivity index (χ3v) is 5.28. The second-order valence-electron chi connectivity index (χ2n) is 6.17. The average molecular weight is 445 g/mol. The number of nitrogens with two attached hydrogens (primary N) is 1. The second-order valence-corrected chi connectivity index (χ2v) is 7.49. The van der Waals surface area contributed by atoms with Crippen molar-refractivity contribution in [1.82, 2.24) is 14.8 Å². The summed E-state index contributed by atoms with van der Waals surface area (Å²) >= 11 is 9.74. The van der Waals surface area contributed by atoms with Crippen LogP contribution in [0.4, 0.5) is 5.95 Å². The van der Waals surface area contributed by atoms with E-state index >= 15 is 0 Å². The number of aromatic nitrogens is 3. The normalized spacial score (nSPS) is 16.0. The molecule has 0 saturated heterocycles. The Morgan fingerprint density at radius 3 is 2.59 bits per heavy atom. The van der Waals surface area contributed by atoms with E-state index in [1.165, 1.54) is 0 Å². The van der Waals surface area contributed by atoms with Gasteiger partial charge in [-0.15, -0.1) is 5.10 Å². The van der Waals surface area contributed by atoms with E-state index in [1.54, 1.807) is 17.7 Å². The minimum atomic E-state index is -0.506. The minimum absolute atomic E-state index is 0.445. The molecule has 2 heterocycles. The van der Waals surface area contributed by atoms with Gasteiger partial charge >= 0.3 is 0 Å². The number of benzene rings is 2. The predicted molar refractivity (Wildman–Crippen MR) is 108 cm³/mol. The Morgan fingerprint density at radius 2 is 1.93 bits per heavy atom. The molecule has 3 N–H and O–H groups in total. The number of primary amides is 1. The average Bonchev–Trinajstić information content (AvgIpc) is 3.04. The Labute approximate surface area is 169 Å². The Morgan fingerprint density at radius 1 is 1.22 bits per heavy atom. The van der Waals surface area contributed by atoms with Crippen LogP contribution >= 0.6 is 27.5 Å². The quantitative estimate of drug-likeness (QED) is 0.636. The number of carbonyl (C=O) groups is 1. The molecule has 1 amide bonds. The standard InChI is InChI=1S/C19H15BrClN5O/c1-10-15(17(22)27)16(11-6-8-12(20)9-7-11)26-19(23-10)24-18(25-26)13-4-2-3-5-14(13)21/h2-9,16H,1H3,(H2,22,27)(H,23,24,25). The first kappa shape index (κ1) is 17.8. The third-order valence-electron chi connectivity index (χ3n) is 4.42. The van der Waals surface area contributed by atoms with Crippen LogP contribution in [0, 0.1) is 0 Å². The number of hydrogen-bond donors (Lipinski definition) is 2. The van der Waals surface area contributed by atoms with Crippen molar-refractivity contribution in [2.45, 2.75) is 13.0 Å². The lowest BCUT2D eigenvalue weighted by Crippen LogP contribution is -2.31. The van der Waals surface area contributed by atoms with Crippen molar-refractivity contribution in [2.75, 3.05) is 5.32 Å². The van der Waals surface area contributed by atoms with Crippen LogP contribution in [0.5, 0.6) is 0 Å². The van der Waals surface area contributed by atoms with E-state index in [0.717, 1.165) is 15.6 Å². The molecule has 4 rings (SSSR count). The van der Waals surface area contributed by atoms with Gasteiger partial charge in [0.2, 0.25) is 11.9 Å². The van der Waals surface area contributed by atoms with Gasteiger partial charge in [-0.1, -0.05) is 51.8 Å². The topological polar surface area (TPSA) is 85.8 Å². The highest BCUT2D eigenvalue weighted by Gasteiger charge is 2.33. The summed E-state index contributed by atoms with van der Waals surface area (Å²) in [6.07, 6.45) is 0. The molecule has 1 aliphatic rings. The zero-order valence-corrected chi connectivity index (χ0v) is 16.6. The number of nitrogens with one attached hydrogen (secondary N) is 1. The van der Waals surface area contributed by atoms with Crippen molar-refractivity contribution >= 4 is 39.4 Å². The first-order chi connectivity index (χ1) is 13.0. The molecule has 1 atom stereocenters. The van der Waals surface area contributed by atoms with Gasteiger partial charge in [-0.2, -0.15) is 4.98 Å². The van der Waals surface area contributed by atoms with Crippen molar-refractivity contribution in [1.29, 1.82) is 0 Å². The largest absolute Gasteiger partial charge is 0.366 e. The molecule has 136 valence electrons. The zero-order valence-electron chi connectivity index (χ0n) is 14.3. The highest BCUT2D eigenvalue weighted by molar-refractivity contribution is 9.10. The lowest BCUT2D eigenvalue weighted by atomic mass is 9.95. The number of anilines is 1. The summed E-state index contributed by atoms with van der Waals surface area (Å²) < 4.78 is 2.62. The van der Waals surface area contributed by atoms with Crippen molar-refractivity contribution in [3.8, 4) is 11.4 Å². The smallest absolute Gasteiger partial charge is 0.248 e. The fourth-order valence-electron chi connectivity index (χ4n) is 3.18. The molecule has 1 unspecified atom stereocenters. The third kappa shape index (κ3) is 3.13. The highest BCUT2D eigenvalue weighted by Crippen LogP contribution is 2.37. The number of hydrogen-bond acceptors (Lipinski definition) is 4. The second kappa shape index (κ2) is 6.83. The van der Waals surface area contributed by atoms with Gasteiger partial charge in [0.25, 0.3) is 0 Å². The van der Waals surface area contributed by atoms with Crippen molar-refractivity contribution in [3.05, 3.63) is 74.9 Å². The number of amides is 1. The Kier molecular flexibility index (Phi) is 4.49. The summed E-state index contributed by atoms with van der Waals surface area (Å²) in [5, 5.41) is 8.32. The first-order valence-corrected chi connectivity index (χ1v) is 9.37. The van der Waals surface area contributed by atoms with Crippen molar-refractivity contribution < 1.29 is 4.79 Å². The van der Waals surface area contributed by atoms with Gasteiger partial charge in [0.15, 0.2) is 5.82 Å². The van der Waals surface area contributed by atoms with Crippen LogP contribution in [-0.2, 0) is 4.79 Å². The highest BCUT2D eigenvalue weighted by atomic mass is 79.9. The lowest BCUT2D eigenvalue weighted by Gasteiger charge is -2.27. The van der Waals surface area contributed by atoms with E-state index in [1.807, 2.05) is 42.5 Å². The zero-order chi connectivity index (χ0) is 19.1. The molecular formula is C19H15BrClN5O. The van der Waals surface area contributed by atoms with E-state index < -0.39 is 11.9 Å². The van der Waals surface area contributed by atoms with Gasteiger partial charge in [0.1, 0.15) is 6.04 Å². The summed E-state index contributed by atoms with van der Waals surface area (Å²) in [6, 6.07) is 14.6. The SMILES string of the molecule is CC1=C(C(N)=O)C(c2ccc(Br)cc2)n2nc(-c3ccccc3Cl)nc2N1. The van der Waals surface area contributed by atoms with E-state index in [2.05, 4.69) is 31.3 Å². The Bertz CT molecular complexity index is 1070. The summed E-state index contributed by atoms with van der Waals surface area (Å²) in [6.45, 7) is 1.80. The number of nitrogens with zero attached hydrogens (tertiary/aromatic N) is 3. The molecule has 6 nitrogen and oxygen atoms in total. The molecule has 0 bridgehead atoms. The van der Waals surface area contributed by atoms with E-state index in [9.17, 15) is 4.79 Å². The number of fused-ring (bicyclic) bond motifs is 1. The van der Waals surface area contributed by atoms with Gasteiger partial charge in [-0.05, 0) is 36.8 Å². The van der Waals surface area contributed by atoms with Gasteiger partial charge in [-0.25, -0.2) is 4.68 Å². The fraction of sp³-hybridized carbons (Fsp3) is 0.105. The van der Waals surface area contributed by atoms with Crippen molar-refractivity contribution in [3.63, 3.8) is 0 Å².